The first-order chi connectivity index (χ1) is 19.6. The summed E-state index contributed by atoms with van der Waals surface area (Å²) in [5.41, 5.74) is 3.35. The summed E-state index contributed by atoms with van der Waals surface area (Å²) in [6.07, 6.45) is 5.63. The lowest BCUT2D eigenvalue weighted by molar-refractivity contribution is -0.138. The highest BCUT2D eigenvalue weighted by Gasteiger charge is 2.44. The zero-order valence-corrected chi connectivity index (χ0v) is 24.8. The molecule has 1 aromatic carbocycles. The van der Waals surface area contributed by atoms with Crippen molar-refractivity contribution in [3.05, 3.63) is 77.1 Å². The molecule has 41 heavy (non-hydrogen) atoms. The average molecular weight is 617 g/mol. The normalized spacial score (nSPS) is 18.5. The first-order valence-electron chi connectivity index (χ1n) is 13.3. The topological polar surface area (TPSA) is 123 Å². The fourth-order valence-corrected chi connectivity index (χ4v) is 5.64. The van der Waals surface area contributed by atoms with E-state index in [1.54, 1.807) is 29.4 Å². The van der Waals surface area contributed by atoms with Crippen molar-refractivity contribution in [2.75, 3.05) is 5.32 Å². The molecule has 2 amide bonds. The van der Waals surface area contributed by atoms with E-state index in [4.69, 9.17) is 0 Å². The van der Waals surface area contributed by atoms with Gasteiger partial charge in [0.05, 0.1) is 11.6 Å². The molecule has 210 valence electrons. The van der Waals surface area contributed by atoms with Gasteiger partial charge in [-0.05, 0) is 71.4 Å². The Hall–Kier alpha value is -4.25. The van der Waals surface area contributed by atoms with Gasteiger partial charge in [0.25, 0.3) is 0 Å². The van der Waals surface area contributed by atoms with Crippen LogP contribution < -0.4 is 5.32 Å². The number of aromatic nitrogens is 5. The minimum absolute atomic E-state index is 0.0187. The second kappa shape index (κ2) is 11.3. The molecule has 1 saturated heterocycles. The lowest BCUT2D eigenvalue weighted by Crippen LogP contribution is -2.48. The zero-order valence-electron chi connectivity index (χ0n) is 23.3. The van der Waals surface area contributed by atoms with E-state index < -0.39 is 6.04 Å². The van der Waals surface area contributed by atoms with Gasteiger partial charge in [-0.25, -0.2) is 15.0 Å². The number of anilines is 1. The van der Waals surface area contributed by atoms with Crippen molar-refractivity contribution >= 4 is 50.2 Å². The molecule has 0 spiro atoms. The van der Waals surface area contributed by atoms with Crippen molar-refractivity contribution in [1.82, 2.24) is 29.6 Å². The van der Waals surface area contributed by atoms with E-state index >= 15 is 0 Å². The first-order valence-corrected chi connectivity index (χ1v) is 14.0. The lowest BCUT2D eigenvalue weighted by Gasteiger charge is -2.29. The molecule has 4 aromatic rings. The molecular formula is C30H30BrN7O3. The van der Waals surface area contributed by atoms with E-state index in [2.05, 4.69) is 47.9 Å². The molecular weight excluding hydrogens is 586 g/mol. The number of halogens is 1. The van der Waals surface area contributed by atoms with Crippen LogP contribution in [0.5, 0.6) is 0 Å². The summed E-state index contributed by atoms with van der Waals surface area (Å²) in [6, 6.07) is 8.18. The van der Waals surface area contributed by atoms with Gasteiger partial charge in [0.15, 0.2) is 5.78 Å². The number of carbonyl (C=O) groups excluding carboxylic acids is 3. The van der Waals surface area contributed by atoms with Crippen molar-refractivity contribution in [3.63, 3.8) is 0 Å². The Morgan fingerprint density at radius 2 is 1.85 bits per heavy atom. The second-order valence-electron chi connectivity index (χ2n) is 10.4. The first kappa shape index (κ1) is 28.3. The van der Waals surface area contributed by atoms with Crippen molar-refractivity contribution < 1.29 is 14.4 Å². The Morgan fingerprint density at radius 3 is 2.54 bits per heavy atom. The number of amides is 2. The summed E-state index contributed by atoms with van der Waals surface area (Å²) in [5.74, 6) is 0.286. The standard InChI is InChI=1S/C30H30BrN7O3/c1-6-23-17(3)11-25(30(41)35-29-16(2)7-10-26(31)34-29)38(23)27(40)15-37-24-9-8-20(21-13-32-19(5)33-14-21)12-22(24)28(36-37)18(4)39/h6-10,12-14,17,23,25H,1,11,15H2,2-5H3,(H,34,35,41)/t17-,23+,25-/m0/s1. The summed E-state index contributed by atoms with van der Waals surface area (Å²) in [5, 5.41) is 8.05. The van der Waals surface area contributed by atoms with Gasteiger partial charge in [0, 0.05) is 30.3 Å². The van der Waals surface area contributed by atoms with Crippen LogP contribution in [0, 0.1) is 19.8 Å². The summed E-state index contributed by atoms with van der Waals surface area (Å²) in [4.78, 5) is 54.4. The second-order valence-corrected chi connectivity index (χ2v) is 11.2. The monoisotopic (exact) mass is 615 g/mol. The van der Waals surface area contributed by atoms with E-state index in [0.717, 1.165) is 16.7 Å². The molecule has 4 heterocycles. The number of hydrogen-bond donors (Lipinski definition) is 1. The van der Waals surface area contributed by atoms with Gasteiger partial charge in [0.2, 0.25) is 11.8 Å². The third-order valence-electron chi connectivity index (χ3n) is 7.46. The van der Waals surface area contributed by atoms with Gasteiger partial charge in [-0.3, -0.25) is 19.1 Å². The fourth-order valence-electron chi connectivity index (χ4n) is 5.33. The number of nitrogens with one attached hydrogen (secondary N) is 1. The molecule has 10 nitrogen and oxygen atoms in total. The van der Waals surface area contributed by atoms with Crippen molar-refractivity contribution in [3.8, 4) is 11.1 Å². The van der Waals surface area contributed by atoms with Gasteiger partial charge in [-0.15, -0.1) is 6.58 Å². The zero-order chi connectivity index (χ0) is 29.4. The summed E-state index contributed by atoms with van der Waals surface area (Å²) in [7, 11) is 0. The minimum Gasteiger partial charge on any atom is -0.322 e. The molecule has 0 bridgehead atoms. The predicted octanol–water partition coefficient (Wildman–Crippen LogP) is 4.90. The number of likely N-dealkylation sites (tertiary alicyclic amines) is 1. The molecule has 0 unspecified atom stereocenters. The van der Waals surface area contributed by atoms with Crippen LogP contribution in [-0.2, 0) is 16.1 Å². The number of benzene rings is 1. The molecule has 3 atom stereocenters. The molecule has 0 aliphatic carbocycles. The van der Waals surface area contributed by atoms with Crippen molar-refractivity contribution in [1.29, 1.82) is 0 Å². The number of nitrogens with zero attached hydrogens (tertiary/aromatic N) is 6. The maximum Gasteiger partial charge on any atom is 0.248 e. The molecule has 0 radical (unpaired) electrons. The summed E-state index contributed by atoms with van der Waals surface area (Å²) >= 11 is 3.34. The van der Waals surface area contributed by atoms with E-state index in [1.165, 1.54) is 11.6 Å². The Balaban J connectivity index is 1.46. The number of hydrogen-bond acceptors (Lipinski definition) is 7. The molecule has 3 aromatic heterocycles. The Kier molecular flexibility index (Phi) is 7.81. The van der Waals surface area contributed by atoms with Crippen LogP contribution in [-0.4, -0.2) is 59.3 Å². The van der Waals surface area contributed by atoms with E-state index in [9.17, 15) is 14.4 Å². The van der Waals surface area contributed by atoms with Gasteiger partial charge >= 0.3 is 0 Å². The van der Waals surface area contributed by atoms with Crippen LogP contribution in [0.4, 0.5) is 5.82 Å². The molecule has 1 N–H and O–H groups in total. The summed E-state index contributed by atoms with van der Waals surface area (Å²) < 4.78 is 2.13. The molecule has 0 saturated carbocycles. The van der Waals surface area contributed by atoms with Gasteiger partial charge in [-0.1, -0.05) is 25.1 Å². The number of aryl methyl sites for hydroxylation is 2. The molecule has 1 aliphatic rings. The SMILES string of the molecule is C=C[C@@H]1[C@@H](C)C[C@@H](C(=O)Nc2nc(Br)ccc2C)N1C(=O)Cn1nc(C(C)=O)c2cc(-c3cnc(C)nc3)ccc21. The molecule has 11 heteroatoms. The van der Waals surface area contributed by atoms with E-state index in [1.807, 2.05) is 45.0 Å². The third-order valence-corrected chi connectivity index (χ3v) is 7.90. The van der Waals surface area contributed by atoms with Gasteiger partial charge in [-0.2, -0.15) is 5.10 Å². The van der Waals surface area contributed by atoms with Crippen LogP contribution in [0.25, 0.3) is 22.0 Å². The van der Waals surface area contributed by atoms with Gasteiger partial charge < -0.3 is 10.2 Å². The van der Waals surface area contributed by atoms with Gasteiger partial charge in [0.1, 0.15) is 34.5 Å². The number of carbonyl (C=O) groups is 3. The maximum atomic E-state index is 13.9. The van der Waals surface area contributed by atoms with Crippen LogP contribution in [0.2, 0.25) is 0 Å². The Morgan fingerprint density at radius 1 is 1.12 bits per heavy atom. The quantitative estimate of drug-likeness (QED) is 0.178. The van der Waals surface area contributed by atoms with Crippen LogP contribution in [0.15, 0.2) is 60.0 Å². The highest BCUT2D eigenvalue weighted by molar-refractivity contribution is 9.10. The predicted molar refractivity (Wildman–Crippen MR) is 159 cm³/mol. The number of pyridine rings is 1. The third kappa shape index (κ3) is 5.54. The summed E-state index contributed by atoms with van der Waals surface area (Å²) in [6.45, 7) is 10.9. The Bertz CT molecular complexity index is 1680. The smallest absolute Gasteiger partial charge is 0.248 e. The molecule has 1 fully saturated rings. The number of fused-ring (bicyclic) bond motifs is 1. The fraction of sp³-hybridized carbons (Fsp3) is 0.300. The molecule has 1 aliphatic heterocycles. The highest BCUT2D eigenvalue weighted by Crippen LogP contribution is 2.33. The maximum absolute atomic E-state index is 13.9. The minimum atomic E-state index is -0.720. The number of rotatable bonds is 7. The van der Waals surface area contributed by atoms with Crippen LogP contribution >= 0.6 is 15.9 Å². The van der Waals surface area contributed by atoms with E-state index in [0.29, 0.717) is 33.6 Å². The Labute approximate surface area is 246 Å². The average Bonchev–Trinajstić information content (AvgIpc) is 3.48. The molecule has 5 rings (SSSR count). The lowest BCUT2D eigenvalue weighted by atomic mass is 10.0. The van der Waals surface area contributed by atoms with Crippen LogP contribution in [0.1, 0.15) is 42.1 Å². The highest BCUT2D eigenvalue weighted by atomic mass is 79.9. The van der Waals surface area contributed by atoms with Crippen LogP contribution in [0.3, 0.4) is 0 Å². The largest absolute Gasteiger partial charge is 0.322 e. The van der Waals surface area contributed by atoms with Crippen molar-refractivity contribution in [2.24, 2.45) is 5.92 Å². The number of Topliss-reactive ketones (excluding diaryl/α,β-unsaturated/α-hetero) is 1. The van der Waals surface area contributed by atoms with E-state index in [-0.39, 0.29) is 41.8 Å². The van der Waals surface area contributed by atoms with Crippen molar-refractivity contribution in [2.45, 2.75) is 52.7 Å². The number of ketones is 1.